The van der Waals surface area contributed by atoms with Gasteiger partial charge in [-0.05, 0) is 6.92 Å². The molecule has 9 heavy (non-hydrogen) atoms. The normalized spacial score (nSPS) is 8.67. The van der Waals surface area contributed by atoms with Crippen LogP contribution in [0.2, 0.25) is 0 Å². The zero-order valence-electron chi connectivity index (χ0n) is 5.32. The van der Waals surface area contributed by atoms with Gasteiger partial charge in [-0.25, -0.2) is 4.79 Å². The zero-order valence-corrected chi connectivity index (χ0v) is 6.07. The minimum absolute atomic E-state index is 0.397. The predicted molar refractivity (Wildman–Crippen MR) is 35.7 cm³/mol. The minimum Gasteiger partial charge on any atom is -0.450 e. The number of nitrogens with one attached hydrogen (secondary N) is 1. The van der Waals surface area contributed by atoms with Crippen molar-refractivity contribution in [1.82, 2.24) is 5.32 Å². The highest BCUT2D eigenvalue weighted by Crippen LogP contribution is 1.76. The van der Waals surface area contributed by atoms with Crippen molar-refractivity contribution in [3.63, 3.8) is 0 Å². The highest BCUT2D eigenvalue weighted by Gasteiger charge is 1.95. The molecule has 0 aromatic carbocycles. The van der Waals surface area contributed by atoms with Crippen LogP contribution in [-0.2, 0) is 4.74 Å². The van der Waals surface area contributed by atoms with Gasteiger partial charge >= 0.3 is 6.09 Å². The summed E-state index contributed by atoms with van der Waals surface area (Å²) in [5, 5.41) is 2.44. The largest absolute Gasteiger partial charge is 0.450 e. The molecule has 0 rings (SSSR count). The molecule has 0 aromatic rings. The number of alkyl halides is 1. The maximum Gasteiger partial charge on any atom is 0.407 e. The van der Waals surface area contributed by atoms with E-state index in [-0.39, 0.29) is 0 Å². The molecule has 0 spiro atoms. The molecular weight excluding hydrogens is 142 g/mol. The second-order valence-electron chi connectivity index (χ2n) is 1.34. The summed E-state index contributed by atoms with van der Waals surface area (Å²) in [4.78, 5) is 10.4. The molecule has 0 aliphatic rings. The smallest absolute Gasteiger partial charge is 0.407 e. The summed E-state index contributed by atoms with van der Waals surface area (Å²) >= 11 is 5.28. The van der Waals surface area contributed by atoms with Gasteiger partial charge in [0.1, 0.15) is 0 Å². The van der Waals surface area contributed by atoms with Crippen LogP contribution in [-0.4, -0.2) is 25.1 Å². The molecule has 0 fully saturated rings. The van der Waals surface area contributed by atoms with Gasteiger partial charge in [0.2, 0.25) is 0 Å². The van der Waals surface area contributed by atoms with Crippen LogP contribution in [0.25, 0.3) is 0 Å². The third-order valence-electron chi connectivity index (χ3n) is 0.639. The molecule has 0 saturated heterocycles. The Morgan fingerprint density at radius 1 is 1.78 bits per heavy atom. The summed E-state index contributed by atoms with van der Waals surface area (Å²) in [6.07, 6.45) is -0.404. The third kappa shape index (κ3) is 5.43. The predicted octanol–water partition coefficient (Wildman–Crippen LogP) is 0.971. The molecule has 3 nitrogen and oxygen atoms in total. The lowest BCUT2D eigenvalue weighted by Gasteiger charge is -2.00. The van der Waals surface area contributed by atoms with E-state index >= 15 is 0 Å². The number of rotatable bonds is 3. The number of hydrogen-bond acceptors (Lipinski definition) is 2. The number of halogens is 1. The molecule has 54 valence electrons. The quantitative estimate of drug-likeness (QED) is 0.611. The third-order valence-corrected chi connectivity index (χ3v) is 0.828. The molecule has 4 heteroatoms. The van der Waals surface area contributed by atoms with E-state index in [1.165, 1.54) is 0 Å². The molecule has 1 amide bonds. The van der Waals surface area contributed by atoms with Crippen LogP contribution in [0, 0.1) is 0 Å². The van der Waals surface area contributed by atoms with Gasteiger partial charge in [0.25, 0.3) is 0 Å². The highest BCUT2D eigenvalue weighted by molar-refractivity contribution is 6.18. The summed E-state index contributed by atoms with van der Waals surface area (Å²) in [5.41, 5.74) is 0. The van der Waals surface area contributed by atoms with Crippen molar-refractivity contribution in [3.8, 4) is 0 Å². The Labute approximate surface area is 59.3 Å². The first kappa shape index (κ1) is 8.56. The number of alkyl carbamates (subject to hydrolysis) is 1. The number of amides is 1. The van der Waals surface area contributed by atoms with Gasteiger partial charge in [-0.2, -0.15) is 0 Å². The van der Waals surface area contributed by atoms with Crippen molar-refractivity contribution < 1.29 is 9.53 Å². The molecule has 0 heterocycles. The lowest BCUT2D eigenvalue weighted by atomic mass is 10.7. The van der Waals surface area contributed by atoms with E-state index in [1.807, 2.05) is 0 Å². The average molecular weight is 152 g/mol. The van der Waals surface area contributed by atoms with Crippen LogP contribution in [0.15, 0.2) is 0 Å². The average Bonchev–Trinajstić information content (AvgIpc) is 1.85. The van der Waals surface area contributed by atoms with Gasteiger partial charge in [0.15, 0.2) is 0 Å². The highest BCUT2D eigenvalue weighted by atomic mass is 35.5. The van der Waals surface area contributed by atoms with Gasteiger partial charge in [-0.1, -0.05) is 0 Å². The van der Waals surface area contributed by atoms with Crippen molar-refractivity contribution in [1.29, 1.82) is 0 Å². The topological polar surface area (TPSA) is 38.3 Å². The van der Waals surface area contributed by atoms with Crippen LogP contribution < -0.4 is 5.32 Å². The maximum atomic E-state index is 10.4. The van der Waals surface area contributed by atoms with Crippen molar-refractivity contribution in [2.75, 3.05) is 19.0 Å². The SMILES string of the molecule is CCOC(=O)NCCCl. The van der Waals surface area contributed by atoms with Gasteiger partial charge in [0, 0.05) is 12.4 Å². The van der Waals surface area contributed by atoms with Gasteiger partial charge < -0.3 is 10.1 Å². The van der Waals surface area contributed by atoms with Crippen LogP contribution >= 0.6 is 11.6 Å². The van der Waals surface area contributed by atoms with Gasteiger partial charge in [-0.15, -0.1) is 11.6 Å². The molecule has 0 aromatic heterocycles. The first-order valence-electron chi connectivity index (χ1n) is 2.77. The Balaban J connectivity index is 3.06. The van der Waals surface area contributed by atoms with Crippen LogP contribution in [0.1, 0.15) is 6.92 Å². The first-order chi connectivity index (χ1) is 4.31. The van der Waals surface area contributed by atoms with E-state index < -0.39 is 6.09 Å². The maximum absolute atomic E-state index is 10.4. The lowest BCUT2D eigenvalue weighted by Crippen LogP contribution is -2.25. The monoisotopic (exact) mass is 151 g/mol. The molecule has 0 bridgehead atoms. The van der Waals surface area contributed by atoms with E-state index in [2.05, 4.69) is 10.1 Å². The lowest BCUT2D eigenvalue weighted by molar-refractivity contribution is 0.153. The standard InChI is InChI=1S/C5H10ClNO2/c1-2-9-5(8)7-4-3-6/h2-4H2,1H3,(H,7,8). The van der Waals surface area contributed by atoms with E-state index in [0.717, 1.165) is 0 Å². The Morgan fingerprint density at radius 3 is 2.89 bits per heavy atom. The van der Waals surface area contributed by atoms with E-state index in [9.17, 15) is 4.79 Å². The second-order valence-corrected chi connectivity index (χ2v) is 1.71. The zero-order chi connectivity index (χ0) is 7.11. The van der Waals surface area contributed by atoms with Crippen molar-refractivity contribution in [2.24, 2.45) is 0 Å². The minimum atomic E-state index is -0.404. The number of hydrogen-bond donors (Lipinski definition) is 1. The molecule has 0 saturated carbocycles. The molecule has 0 radical (unpaired) electrons. The van der Waals surface area contributed by atoms with Crippen LogP contribution in [0.3, 0.4) is 0 Å². The number of carbonyl (C=O) groups is 1. The van der Waals surface area contributed by atoms with Gasteiger partial charge in [0.05, 0.1) is 6.61 Å². The van der Waals surface area contributed by atoms with Crippen molar-refractivity contribution in [2.45, 2.75) is 6.92 Å². The first-order valence-corrected chi connectivity index (χ1v) is 3.31. The molecule has 0 unspecified atom stereocenters. The van der Waals surface area contributed by atoms with E-state index in [0.29, 0.717) is 19.0 Å². The Kier molecular flexibility index (Phi) is 5.41. The molecule has 0 atom stereocenters. The number of ether oxygens (including phenoxy) is 1. The Morgan fingerprint density at radius 2 is 2.44 bits per heavy atom. The van der Waals surface area contributed by atoms with E-state index in [1.54, 1.807) is 6.92 Å². The van der Waals surface area contributed by atoms with Crippen molar-refractivity contribution >= 4 is 17.7 Å². The molecule has 0 aliphatic carbocycles. The Hall–Kier alpha value is -0.440. The Bertz CT molecular complexity index is 87.0. The van der Waals surface area contributed by atoms with Crippen LogP contribution in [0.5, 0.6) is 0 Å². The fourth-order valence-corrected chi connectivity index (χ4v) is 0.426. The number of carbonyl (C=O) groups excluding carboxylic acids is 1. The summed E-state index contributed by atoms with van der Waals surface area (Å²) in [6, 6.07) is 0. The van der Waals surface area contributed by atoms with E-state index in [4.69, 9.17) is 11.6 Å². The summed E-state index contributed by atoms with van der Waals surface area (Å²) in [6.45, 7) is 2.61. The molecule has 1 N–H and O–H groups in total. The molecule has 0 aliphatic heterocycles. The fourth-order valence-electron chi connectivity index (χ4n) is 0.331. The summed E-state index contributed by atoms with van der Waals surface area (Å²) in [5.74, 6) is 0.415. The van der Waals surface area contributed by atoms with Gasteiger partial charge in [-0.3, -0.25) is 0 Å². The summed E-state index contributed by atoms with van der Waals surface area (Å²) in [7, 11) is 0. The van der Waals surface area contributed by atoms with Crippen molar-refractivity contribution in [3.05, 3.63) is 0 Å². The fraction of sp³-hybridized carbons (Fsp3) is 0.800. The summed E-state index contributed by atoms with van der Waals surface area (Å²) < 4.78 is 4.54. The second kappa shape index (κ2) is 5.69. The van der Waals surface area contributed by atoms with Crippen LogP contribution in [0.4, 0.5) is 4.79 Å². The molecular formula is C5H10ClNO2.